The first-order valence-corrected chi connectivity index (χ1v) is 8.82. The van der Waals surface area contributed by atoms with Crippen molar-refractivity contribution < 1.29 is 4.74 Å². The Kier molecular flexibility index (Phi) is 4.42. The standard InChI is InChI=1S/C18H27N3O/c1-2-16(10-19-6-1)12-21-8-9-22-18-14-20(11-15-3-4-15)7-5-17(18)13-21/h1-2,6,10,15,17-18H,3-5,7-9,11-14H2/t17-,18-/m0/s1. The van der Waals surface area contributed by atoms with Crippen LogP contribution in [0.4, 0.5) is 0 Å². The Morgan fingerprint density at radius 2 is 2.09 bits per heavy atom. The van der Waals surface area contributed by atoms with Gasteiger partial charge in [-0.3, -0.25) is 9.88 Å². The van der Waals surface area contributed by atoms with Crippen LogP contribution in [0.5, 0.6) is 0 Å². The van der Waals surface area contributed by atoms with Crippen LogP contribution in [-0.2, 0) is 11.3 Å². The van der Waals surface area contributed by atoms with Crippen molar-refractivity contribution in [2.45, 2.75) is 31.9 Å². The Morgan fingerprint density at radius 3 is 2.91 bits per heavy atom. The molecule has 2 atom stereocenters. The van der Waals surface area contributed by atoms with Crippen LogP contribution in [0.1, 0.15) is 24.8 Å². The lowest BCUT2D eigenvalue weighted by molar-refractivity contribution is -0.0229. The number of aromatic nitrogens is 1. The molecule has 0 amide bonds. The molecule has 0 bridgehead atoms. The van der Waals surface area contributed by atoms with Crippen molar-refractivity contribution in [3.63, 3.8) is 0 Å². The number of rotatable bonds is 4. The number of hydrogen-bond acceptors (Lipinski definition) is 4. The van der Waals surface area contributed by atoms with Gasteiger partial charge >= 0.3 is 0 Å². The van der Waals surface area contributed by atoms with E-state index < -0.39 is 0 Å². The number of pyridine rings is 1. The second-order valence-corrected chi connectivity index (χ2v) is 7.26. The summed E-state index contributed by atoms with van der Waals surface area (Å²) in [6.07, 6.45) is 8.48. The summed E-state index contributed by atoms with van der Waals surface area (Å²) in [6, 6.07) is 4.21. The molecule has 4 rings (SSSR count). The van der Waals surface area contributed by atoms with Crippen molar-refractivity contribution in [1.29, 1.82) is 0 Å². The molecule has 1 aliphatic carbocycles. The Labute approximate surface area is 133 Å². The Hall–Kier alpha value is -0.970. The van der Waals surface area contributed by atoms with Crippen LogP contribution >= 0.6 is 0 Å². The molecule has 120 valence electrons. The maximum absolute atomic E-state index is 6.21. The highest BCUT2D eigenvalue weighted by Crippen LogP contribution is 2.32. The molecule has 1 aromatic rings. The second kappa shape index (κ2) is 6.65. The summed E-state index contributed by atoms with van der Waals surface area (Å²) in [5.74, 6) is 1.69. The van der Waals surface area contributed by atoms with E-state index >= 15 is 0 Å². The average molecular weight is 301 g/mol. The van der Waals surface area contributed by atoms with Crippen molar-refractivity contribution in [3.8, 4) is 0 Å². The fraction of sp³-hybridized carbons (Fsp3) is 0.722. The molecule has 3 aliphatic rings. The summed E-state index contributed by atoms with van der Waals surface area (Å²) < 4.78 is 6.21. The maximum Gasteiger partial charge on any atom is 0.0743 e. The van der Waals surface area contributed by atoms with E-state index in [1.165, 1.54) is 44.5 Å². The number of piperidine rings is 1. The van der Waals surface area contributed by atoms with Gasteiger partial charge in [-0.2, -0.15) is 0 Å². The number of hydrogen-bond donors (Lipinski definition) is 0. The van der Waals surface area contributed by atoms with Gasteiger partial charge in [-0.25, -0.2) is 0 Å². The number of likely N-dealkylation sites (tertiary alicyclic amines) is 1. The van der Waals surface area contributed by atoms with Gasteiger partial charge in [0.1, 0.15) is 0 Å². The zero-order valence-electron chi connectivity index (χ0n) is 13.4. The van der Waals surface area contributed by atoms with E-state index in [0.717, 1.165) is 32.2 Å². The first-order chi connectivity index (χ1) is 10.9. The lowest BCUT2D eigenvalue weighted by atomic mass is 9.93. The lowest BCUT2D eigenvalue weighted by Gasteiger charge is -2.38. The van der Waals surface area contributed by atoms with Crippen molar-refractivity contribution in [1.82, 2.24) is 14.8 Å². The molecule has 22 heavy (non-hydrogen) atoms. The predicted molar refractivity (Wildman–Crippen MR) is 86.5 cm³/mol. The second-order valence-electron chi connectivity index (χ2n) is 7.26. The van der Waals surface area contributed by atoms with Gasteiger partial charge in [0, 0.05) is 51.0 Å². The lowest BCUT2D eigenvalue weighted by Crippen LogP contribution is -2.47. The minimum atomic E-state index is 0.450. The molecule has 3 fully saturated rings. The van der Waals surface area contributed by atoms with Gasteiger partial charge in [0.15, 0.2) is 0 Å². The number of ether oxygens (including phenoxy) is 1. The first kappa shape index (κ1) is 14.6. The third-order valence-electron chi connectivity index (χ3n) is 5.35. The molecule has 2 aliphatic heterocycles. The molecule has 4 heteroatoms. The van der Waals surface area contributed by atoms with Gasteiger partial charge in [0.2, 0.25) is 0 Å². The van der Waals surface area contributed by atoms with Crippen LogP contribution in [0.15, 0.2) is 24.5 Å². The minimum Gasteiger partial charge on any atom is -0.375 e. The van der Waals surface area contributed by atoms with E-state index in [2.05, 4.69) is 20.9 Å². The van der Waals surface area contributed by atoms with Crippen LogP contribution < -0.4 is 0 Å². The van der Waals surface area contributed by atoms with Crippen LogP contribution in [-0.4, -0.2) is 60.2 Å². The molecule has 2 saturated heterocycles. The summed E-state index contributed by atoms with van der Waals surface area (Å²) in [4.78, 5) is 9.44. The largest absolute Gasteiger partial charge is 0.375 e. The van der Waals surface area contributed by atoms with Crippen LogP contribution in [0, 0.1) is 11.8 Å². The molecule has 0 spiro atoms. The molecular weight excluding hydrogens is 274 g/mol. The SMILES string of the molecule is c1cncc(CN2CCO[C@H]3CN(CC4CC4)CC[C@H]3C2)c1. The number of fused-ring (bicyclic) bond motifs is 1. The highest BCUT2D eigenvalue weighted by atomic mass is 16.5. The summed E-state index contributed by atoms with van der Waals surface area (Å²) in [5.41, 5.74) is 1.31. The number of nitrogens with zero attached hydrogens (tertiary/aromatic N) is 3. The monoisotopic (exact) mass is 301 g/mol. The Balaban J connectivity index is 1.33. The van der Waals surface area contributed by atoms with Crippen molar-refractivity contribution in [2.24, 2.45) is 11.8 Å². The zero-order chi connectivity index (χ0) is 14.8. The molecule has 1 saturated carbocycles. The van der Waals surface area contributed by atoms with Gasteiger partial charge in [0.25, 0.3) is 0 Å². The normalized spacial score (nSPS) is 30.7. The van der Waals surface area contributed by atoms with E-state index in [0.29, 0.717) is 12.0 Å². The minimum absolute atomic E-state index is 0.450. The molecule has 3 heterocycles. The van der Waals surface area contributed by atoms with E-state index in [1.54, 1.807) is 0 Å². The molecule has 0 N–H and O–H groups in total. The third kappa shape index (κ3) is 3.67. The summed E-state index contributed by atoms with van der Waals surface area (Å²) >= 11 is 0. The third-order valence-corrected chi connectivity index (χ3v) is 5.35. The Bertz CT molecular complexity index is 476. The van der Waals surface area contributed by atoms with Crippen LogP contribution in [0.2, 0.25) is 0 Å². The maximum atomic E-state index is 6.21. The van der Waals surface area contributed by atoms with E-state index in [1.807, 2.05) is 18.5 Å². The van der Waals surface area contributed by atoms with E-state index in [-0.39, 0.29) is 0 Å². The highest BCUT2D eigenvalue weighted by molar-refractivity contribution is 5.08. The van der Waals surface area contributed by atoms with Gasteiger partial charge in [-0.1, -0.05) is 6.07 Å². The van der Waals surface area contributed by atoms with Gasteiger partial charge < -0.3 is 9.64 Å². The van der Waals surface area contributed by atoms with Crippen LogP contribution in [0.3, 0.4) is 0 Å². The smallest absolute Gasteiger partial charge is 0.0743 e. The van der Waals surface area contributed by atoms with Crippen molar-refractivity contribution in [3.05, 3.63) is 30.1 Å². The molecule has 1 aromatic heterocycles. The van der Waals surface area contributed by atoms with E-state index in [4.69, 9.17) is 4.74 Å². The van der Waals surface area contributed by atoms with Gasteiger partial charge in [-0.15, -0.1) is 0 Å². The highest BCUT2D eigenvalue weighted by Gasteiger charge is 2.35. The first-order valence-electron chi connectivity index (χ1n) is 8.82. The van der Waals surface area contributed by atoms with Crippen molar-refractivity contribution in [2.75, 3.05) is 39.3 Å². The van der Waals surface area contributed by atoms with Gasteiger partial charge in [-0.05, 0) is 43.4 Å². The Morgan fingerprint density at radius 1 is 1.14 bits per heavy atom. The van der Waals surface area contributed by atoms with Gasteiger partial charge in [0.05, 0.1) is 12.7 Å². The topological polar surface area (TPSA) is 28.6 Å². The van der Waals surface area contributed by atoms with E-state index in [9.17, 15) is 0 Å². The quantitative estimate of drug-likeness (QED) is 0.851. The summed E-state index contributed by atoms with van der Waals surface area (Å²) in [7, 11) is 0. The fourth-order valence-corrected chi connectivity index (χ4v) is 3.91. The zero-order valence-corrected chi connectivity index (χ0v) is 13.4. The molecular formula is C18H27N3O. The molecule has 0 unspecified atom stereocenters. The fourth-order valence-electron chi connectivity index (χ4n) is 3.91. The average Bonchev–Trinajstić information content (AvgIpc) is 3.35. The molecule has 0 radical (unpaired) electrons. The summed E-state index contributed by atoms with van der Waals surface area (Å²) in [5, 5.41) is 0. The van der Waals surface area contributed by atoms with Crippen LogP contribution in [0.25, 0.3) is 0 Å². The van der Waals surface area contributed by atoms with Crippen molar-refractivity contribution >= 4 is 0 Å². The molecule has 4 nitrogen and oxygen atoms in total. The predicted octanol–water partition coefficient (Wildman–Crippen LogP) is 2.01. The summed E-state index contributed by atoms with van der Waals surface area (Å²) in [6.45, 7) is 7.84. The molecule has 0 aromatic carbocycles.